The Hall–Kier alpha value is -3.48. The molecule has 1 saturated heterocycles. The first-order chi connectivity index (χ1) is 19.5. The van der Waals surface area contributed by atoms with Crippen molar-refractivity contribution in [3.05, 3.63) is 59.7 Å². The van der Waals surface area contributed by atoms with Gasteiger partial charge in [-0.1, -0.05) is 48.5 Å². The van der Waals surface area contributed by atoms with Gasteiger partial charge in [0.25, 0.3) is 0 Å². The molecule has 1 unspecified atom stereocenters. The van der Waals surface area contributed by atoms with Crippen LogP contribution in [0.25, 0.3) is 11.1 Å². The van der Waals surface area contributed by atoms with Gasteiger partial charge in [0, 0.05) is 5.92 Å². The molecule has 1 aliphatic heterocycles. The summed E-state index contributed by atoms with van der Waals surface area (Å²) in [5, 5.41) is 15.2. The average molecular weight is 578 g/mol. The number of alkyl carbamates (subject to hydrolysis) is 1. The molecule has 1 heterocycles. The molecule has 2 amide bonds. The van der Waals surface area contributed by atoms with E-state index in [4.69, 9.17) is 9.47 Å². The lowest BCUT2D eigenvalue weighted by Gasteiger charge is -2.31. The Balaban J connectivity index is 1.41. The average Bonchev–Trinajstić information content (AvgIpc) is 3.56. The summed E-state index contributed by atoms with van der Waals surface area (Å²) in [6.07, 6.45) is 0.539. The zero-order chi connectivity index (χ0) is 29.7. The molecule has 3 atom stereocenters. The largest absolute Gasteiger partial charge is 0.449 e. The molecular formula is C32H39N3O5S. The number of nitrogens with one attached hydrogen (secondary N) is 2. The molecule has 2 aromatic carbocycles. The molecule has 0 bridgehead atoms. The Morgan fingerprint density at radius 1 is 0.976 bits per heavy atom. The van der Waals surface area contributed by atoms with Gasteiger partial charge in [-0.05, 0) is 81.2 Å². The summed E-state index contributed by atoms with van der Waals surface area (Å²) in [5.74, 6) is 0.531. The Morgan fingerprint density at radius 2 is 1.54 bits per heavy atom. The normalized spacial score (nSPS) is 17.0. The van der Waals surface area contributed by atoms with E-state index in [1.807, 2.05) is 57.2 Å². The van der Waals surface area contributed by atoms with Crippen LogP contribution in [0, 0.1) is 11.3 Å². The molecule has 218 valence electrons. The van der Waals surface area contributed by atoms with E-state index in [0.29, 0.717) is 0 Å². The molecule has 2 N–H and O–H groups in total. The van der Waals surface area contributed by atoms with Gasteiger partial charge in [-0.2, -0.15) is 15.7 Å². The van der Waals surface area contributed by atoms with Crippen molar-refractivity contribution >= 4 is 33.1 Å². The van der Waals surface area contributed by atoms with Gasteiger partial charge in [0.2, 0.25) is 11.7 Å². The molecular weight excluding hydrogens is 538 g/mol. The summed E-state index contributed by atoms with van der Waals surface area (Å²) in [6.45, 7) is 8.95. The predicted molar refractivity (Wildman–Crippen MR) is 162 cm³/mol. The van der Waals surface area contributed by atoms with Gasteiger partial charge >= 0.3 is 6.09 Å². The summed E-state index contributed by atoms with van der Waals surface area (Å²) in [7, 11) is -0.416. The molecule has 8 nitrogen and oxygen atoms in total. The van der Waals surface area contributed by atoms with E-state index in [1.165, 1.54) is 6.92 Å². The van der Waals surface area contributed by atoms with E-state index in [1.54, 1.807) is 6.92 Å². The number of rotatable bonds is 9. The van der Waals surface area contributed by atoms with E-state index in [2.05, 4.69) is 28.8 Å². The molecule has 1 aliphatic carbocycles. The second-order valence-electron chi connectivity index (χ2n) is 11.5. The molecule has 2 aliphatic rings. The number of carbonyl (C=O) groups excluding carboxylic acids is 3. The Kier molecular flexibility index (Phi) is 9.67. The van der Waals surface area contributed by atoms with Gasteiger partial charge in [0.15, 0.2) is 0 Å². The molecule has 2 aromatic rings. The van der Waals surface area contributed by atoms with Gasteiger partial charge in [-0.25, -0.2) is 4.79 Å². The maximum atomic E-state index is 13.6. The molecule has 0 radical (unpaired) electrons. The highest BCUT2D eigenvalue weighted by atomic mass is 32.2. The fourth-order valence-electron chi connectivity index (χ4n) is 5.44. The molecule has 41 heavy (non-hydrogen) atoms. The van der Waals surface area contributed by atoms with Crippen LogP contribution in [0.15, 0.2) is 48.5 Å². The van der Waals surface area contributed by atoms with Crippen LogP contribution in [-0.4, -0.2) is 64.5 Å². The molecule has 1 fully saturated rings. The number of hydrogen-bond acceptors (Lipinski definition) is 6. The van der Waals surface area contributed by atoms with Gasteiger partial charge in [0.05, 0.1) is 11.7 Å². The summed E-state index contributed by atoms with van der Waals surface area (Å²) in [6, 6.07) is 16.2. The van der Waals surface area contributed by atoms with E-state index < -0.39 is 52.1 Å². The van der Waals surface area contributed by atoms with Crippen molar-refractivity contribution < 1.29 is 23.9 Å². The van der Waals surface area contributed by atoms with E-state index >= 15 is 0 Å². The number of benzene rings is 2. The standard InChI is InChI=1S/C32H39N3O5S/c1-20(34-31(38)39-19-26-24-14-8-6-12-22(24)23-13-7-9-15-25(23)26)30(37)35-28(21(2)40-32(3,4)5)29(36)27(18-33)41-16-10-11-17-41/h6-9,12-15,20-21,26,28H,10-11,16-17,19H2,1-5H3,(H,34,38)(H,35,37)/t20-,21?,28+/m1/s1. The van der Waals surface area contributed by atoms with Gasteiger partial charge in [-0.3, -0.25) is 9.59 Å². The van der Waals surface area contributed by atoms with Crippen molar-refractivity contribution in [3.63, 3.8) is 0 Å². The smallest absolute Gasteiger partial charge is 0.407 e. The minimum atomic E-state index is -1.06. The van der Waals surface area contributed by atoms with Gasteiger partial charge < -0.3 is 20.1 Å². The zero-order valence-electron chi connectivity index (χ0n) is 24.4. The van der Waals surface area contributed by atoms with Crippen LogP contribution in [0.3, 0.4) is 0 Å². The summed E-state index contributed by atoms with van der Waals surface area (Å²) in [5.41, 5.74) is 3.86. The number of nitrogens with zero attached hydrogens (tertiary/aromatic N) is 1. The lowest BCUT2D eigenvalue weighted by atomic mass is 9.98. The highest BCUT2D eigenvalue weighted by Gasteiger charge is 2.35. The second kappa shape index (κ2) is 13.0. The number of fused-ring (bicyclic) bond motifs is 3. The lowest BCUT2D eigenvalue weighted by Crippen LogP contribution is -2.56. The van der Waals surface area contributed by atoms with Gasteiger partial charge in [-0.15, -0.1) is 0 Å². The van der Waals surface area contributed by atoms with Crippen LogP contribution in [0.5, 0.6) is 0 Å². The number of carbonyl (C=O) groups is 3. The van der Waals surface area contributed by atoms with Crippen molar-refractivity contribution in [2.75, 3.05) is 18.1 Å². The summed E-state index contributed by atoms with van der Waals surface area (Å²) in [4.78, 5) is 39.7. The topological polar surface area (TPSA) is 118 Å². The van der Waals surface area contributed by atoms with Crippen LogP contribution >= 0.6 is 10.5 Å². The third-order valence-corrected chi connectivity index (χ3v) is 9.74. The number of hydrogen-bond donors (Lipinski definition) is 2. The van der Waals surface area contributed by atoms with E-state index in [9.17, 15) is 19.6 Å². The van der Waals surface area contributed by atoms with Crippen molar-refractivity contribution in [2.45, 2.75) is 77.2 Å². The first kappa shape index (κ1) is 30.5. The fourth-order valence-corrected chi connectivity index (χ4v) is 7.70. The number of nitriles is 1. The predicted octanol–water partition coefficient (Wildman–Crippen LogP) is 4.93. The maximum Gasteiger partial charge on any atom is 0.407 e. The molecule has 0 saturated carbocycles. The van der Waals surface area contributed by atoms with Crippen LogP contribution in [0.1, 0.15) is 64.5 Å². The number of ketones is 1. The maximum absolute atomic E-state index is 13.6. The van der Waals surface area contributed by atoms with E-state index in [-0.39, 0.29) is 17.4 Å². The van der Waals surface area contributed by atoms with Crippen molar-refractivity contribution in [1.82, 2.24) is 10.6 Å². The quantitative estimate of drug-likeness (QED) is 0.408. The van der Waals surface area contributed by atoms with E-state index in [0.717, 1.165) is 46.6 Å². The van der Waals surface area contributed by atoms with Crippen LogP contribution in [-0.2, 0) is 19.1 Å². The Bertz CT molecular complexity index is 1340. The highest BCUT2D eigenvalue weighted by Crippen LogP contribution is 2.44. The molecule has 0 spiro atoms. The number of ether oxygens (including phenoxy) is 2. The van der Waals surface area contributed by atoms with Crippen molar-refractivity contribution in [1.29, 1.82) is 5.26 Å². The first-order valence-corrected chi connectivity index (χ1v) is 15.6. The zero-order valence-corrected chi connectivity index (χ0v) is 25.2. The monoisotopic (exact) mass is 577 g/mol. The third kappa shape index (κ3) is 7.24. The first-order valence-electron chi connectivity index (χ1n) is 14.1. The number of Topliss-reactive ketones (excluding diaryl/α,β-unsaturated/α-hetero) is 1. The van der Waals surface area contributed by atoms with Crippen molar-refractivity contribution in [3.8, 4) is 17.2 Å². The van der Waals surface area contributed by atoms with Crippen LogP contribution in [0.2, 0.25) is 0 Å². The van der Waals surface area contributed by atoms with Crippen molar-refractivity contribution in [2.24, 2.45) is 0 Å². The lowest BCUT2D eigenvalue weighted by molar-refractivity contribution is -0.132. The summed E-state index contributed by atoms with van der Waals surface area (Å²) < 4.78 is 11.6. The summed E-state index contributed by atoms with van der Waals surface area (Å²) >= 11 is 0. The minimum absolute atomic E-state index is 0.106. The highest BCUT2D eigenvalue weighted by molar-refractivity contribution is 8.17. The third-order valence-electron chi connectivity index (χ3n) is 7.31. The van der Waals surface area contributed by atoms with Gasteiger partial charge in [0.1, 0.15) is 29.6 Å². The molecule has 4 rings (SSSR count). The Labute approximate surface area is 244 Å². The molecule has 9 heteroatoms. The Morgan fingerprint density at radius 3 is 2.07 bits per heavy atom. The SMILES string of the molecule is CC(OC(C)(C)C)[C@H](NC(=O)[C@@H](C)NC(=O)OCC1c2ccccc2-c2ccccc21)C(=O)C(C#N)=S1CCCC1. The second-order valence-corrected chi connectivity index (χ2v) is 13.7. The van der Waals surface area contributed by atoms with Crippen LogP contribution < -0.4 is 10.6 Å². The molecule has 0 aromatic heterocycles. The minimum Gasteiger partial charge on any atom is -0.449 e. The number of amides is 2. The fraction of sp³-hybridized carbons (Fsp3) is 0.469. The van der Waals surface area contributed by atoms with Crippen LogP contribution in [0.4, 0.5) is 4.79 Å².